The Morgan fingerprint density at radius 1 is 1.24 bits per heavy atom. The predicted molar refractivity (Wildman–Crippen MR) is 84.7 cm³/mol. The summed E-state index contributed by atoms with van der Waals surface area (Å²) in [7, 11) is 0. The van der Waals surface area contributed by atoms with Gasteiger partial charge in [0.25, 0.3) is 0 Å². The first-order chi connectivity index (χ1) is 9.79. The topological polar surface area (TPSA) is 84.2 Å². The van der Waals surface area contributed by atoms with E-state index in [1.165, 1.54) is 6.92 Å². The fraction of sp³-hybridized carbons (Fsp3) is 0.500. The van der Waals surface area contributed by atoms with E-state index >= 15 is 0 Å². The molecule has 21 heavy (non-hydrogen) atoms. The van der Waals surface area contributed by atoms with Crippen LogP contribution in [0.1, 0.15) is 45.7 Å². The second-order valence-electron chi connectivity index (χ2n) is 5.77. The van der Waals surface area contributed by atoms with Gasteiger partial charge >= 0.3 is 0 Å². The Morgan fingerprint density at radius 2 is 1.90 bits per heavy atom. The minimum atomic E-state index is -0.494. The highest BCUT2D eigenvalue weighted by Crippen LogP contribution is 2.17. The minimum Gasteiger partial charge on any atom is -0.348 e. The van der Waals surface area contributed by atoms with E-state index < -0.39 is 6.04 Å². The second kappa shape index (κ2) is 7.78. The zero-order chi connectivity index (χ0) is 16.0. The van der Waals surface area contributed by atoms with Crippen LogP contribution in [0.25, 0.3) is 0 Å². The molecule has 0 radical (unpaired) electrons. The number of nitrogens with two attached hydrogens (primary N) is 1. The van der Waals surface area contributed by atoms with E-state index in [0.717, 1.165) is 5.56 Å². The molecule has 2 amide bonds. The Balaban J connectivity index is 2.68. The Bertz CT molecular complexity index is 500. The van der Waals surface area contributed by atoms with Gasteiger partial charge in [-0.1, -0.05) is 26.0 Å². The van der Waals surface area contributed by atoms with Crippen LogP contribution in [0.2, 0.25) is 0 Å². The third-order valence-corrected chi connectivity index (χ3v) is 3.13. The van der Waals surface area contributed by atoms with Gasteiger partial charge in [0.05, 0.1) is 12.1 Å². The van der Waals surface area contributed by atoms with Crippen LogP contribution in [0.5, 0.6) is 0 Å². The fourth-order valence-corrected chi connectivity index (χ4v) is 2.11. The molecular formula is C16H25N3O2. The van der Waals surface area contributed by atoms with Gasteiger partial charge in [-0.25, -0.2) is 0 Å². The van der Waals surface area contributed by atoms with Crippen LogP contribution < -0.4 is 16.4 Å². The highest BCUT2D eigenvalue weighted by Gasteiger charge is 2.17. The Hall–Kier alpha value is -1.88. The van der Waals surface area contributed by atoms with Crippen LogP contribution >= 0.6 is 0 Å². The van der Waals surface area contributed by atoms with Crippen molar-refractivity contribution >= 4 is 17.5 Å². The predicted octanol–water partition coefficient (Wildman–Crippen LogP) is 2.20. The van der Waals surface area contributed by atoms with Crippen molar-refractivity contribution in [3.05, 3.63) is 29.8 Å². The fourth-order valence-electron chi connectivity index (χ4n) is 2.11. The molecule has 0 saturated heterocycles. The maximum absolute atomic E-state index is 12.0. The van der Waals surface area contributed by atoms with Crippen LogP contribution in [-0.4, -0.2) is 17.9 Å². The van der Waals surface area contributed by atoms with Gasteiger partial charge in [0.2, 0.25) is 11.8 Å². The van der Waals surface area contributed by atoms with E-state index in [4.69, 9.17) is 5.73 Å². The molecule has 0 aromatic heterocycles. The van der Waals surface area contributed by atoms with E-state index in [-0.39, 0.29) is 17.9 Å². The van der Waals surface area contributed by atoms with Crippen molar-refractivity contribution in [2.45, 2.75) is 46.2 Å². The van der Waals surface area contributed by atoms with Crippen molar-refractivity contribution in [3.63, 3.8) is 0 Å². The smallest absolute Gasteiger partial charge is 0.237 e. The lowest BCUT2D eigenvalue weighted by atomic mass is 10.0. The SMILES string of the molecule is CC(=O)Nc1cccc(C(C)NC(=O)[C@@H](N)CC(C)C)c1. The van der Waals surface area contributed by atoms with Crippen molar-refractivity contribution in [1.29, 1.82) is 0 Å². The Kier molecular flexibility index (Phi) is 6.37. The van der Waals surface area contributed by atoms with Gasteiger partial charge in [-0.15, -0.1) is 0 Å². The van der Waals surface area contributed by atoms with Crippen LogP contribution in [0.4, 0.5) is 5.69 Å². The summed E-state index contributed by atoms with van der Waals surface area (Å²) in [6.45, 7) is 7.43. The molecule has 0 spiro atoms. The normalized spacial score (nSPS) is 13.6. The molecule has 5 heteroatoms. The summed E-state index contributed by atoms with van der Waals surface area (Å²) in [5.41, 5.74) is 7.51. The molecule has 1 rings (SSSR count). The number of hydrogen-bond acceptors (Lipinski definition) is 3. The van der Waals surface area contributed by atoms with E-state index in [9.17, 15) is 9.59 Å². The van der Waals surface area contributed by atoms with Gasteiger partial charge in [0.1, 0.15) is 0 Å². The number of hydrogen-bond donors (Lipinski definition) is 3. The van der Waals surface area contributed by atoms with Gasteiger partial charge in [-0.3, -0.25) is 9.59 Å². The lowest BCUT2D eigenvalue weighted by Gasteiger charge is -2.19. The molecule has 0 aliphatic rings. The maximum Gasteiger partial charge on any atom is 0.237 e. The first-order valence-electron chi connectivity index (χ1n) is 7.23. The van der Waals surface area contributed by atoms with E-state index in [1.54, 1.807) is 0 Å². The Morgan fingerprint density at radius 3 is 2.48 bits per heavy atom. The van der Waals surface area contributed by atoms with Gasteiger partial charge in [-0.05, 0) is 37.0 Å². The van der Waals surface area contributed by atoms with Crippen molar-refractivity contribution in [2.24, 2.45) is 11.7 Å². The molecule has 0 heterocycles. The molecule has 2 atom stereocenters. The Labute approximate surface area is 126 Å². The minimum absolute atomic E-state index is 0.122. The molecule has 0 fully saturated rings. The summed E-state index contributed by atoms with van der Waals surface area (Å²) in [5, 5.41) is 5.63. The third kappa shape index (κ3) is 5.95. The van der Waals surface area contributed by atoms with E-state index in [0.29, 0.717) is 18.0 Å². The van der Waals surface area contributed by atoms with Gasteiger partial charge in [0, 0.05) is 12.6 Å². The number of rotatable bonds is 6. The van der Waals surface area contributed by atoms with Crippen LogP contribution in [0.3, 0.4) is 0 Å². The summed E-state index contributed by atoms with van der Waals surface area (Å²) in [6.07, 6.45) is 0.657. The first kappa shape index (κ1) is 17.2. The number of nitrogens with one attached hydrogen (secondary N) is 2. The average molecular weight is 291 g/mol. The van der Waals surface area contributed by atoms with Crippen molar-refractivity contribution in [1.82, 2.24) is 5.32 Å². The molecule has 0 aliphatic heterocycles. The quantitative estimate of drug-likeness (QED) is 0.751. The largest absolute Gasteiger partial charge is 0.348 e. The molecule has 0 bridgehead atoms. The van der Waals surface area contributed by atoms with E-state index in [2.05, 4.69) is 10.6 Å². The molecule has 1 aromatic carbocycles. The van der Waals surface area contributed by atoms with Gasteiger partial charge in [0.15, 0.2) is 0 Å². The molecule has 5 nitrogen and oxygen atoms in total. The average Bonchev–Trinajstić information content (AvgIpc) is 2.37. The summed E-state index contributed by atoms with van der Waals surface area (Å²) in [6, 6.07) is 6.75. The molecule has 0 saturated carbocycles. The van der Waals surface area contributed by atoms with Crippen LogP contribution in [-0.2, 0) is 9.59 Å². The highest BCUT2D eigenvalue weighted by atomic mass is 16.2. The summed E-state index contributed by atoms with van der Waals surface area (Å²) in [5.74, 6) is 0.105. The number of anilines is 1. The third-order valence-electron chi connectivity index (χ3n) is 3.13. The van der Waals surface area contributed by atoms with Crippen molar-refractivity contribution < 1.29 is 9.59 Å². The number of amides is 2. The maximum atomic E-state index is 12.0. The van der Waals surface area contributed by atoms with Gasteiger partial charge < -0.3 is 16.4 Å². The molecule has 1 unspecified atom stereocenters. The molecule has 116 valence electrons. The van der Waals surface area contributed by atoms with Crippen LogP contribution in [0.15, 0.2) is 24.3 Å². The molecular weight excluding hydrogens is 266 g/mol. The molecule has 1 aromatic rings. The number of carbonyl (C=O) groups is 2. The lowest BCUT2D eigenvalue weighted by Crippen LogP contribution is -2.42. The van der Waals surface area contributed by atoms with Crippen LogP contribution in [0, 0.1) is 5.92 Å². The van der Waals surface area contributed by atoms with Crippen molar-refractivity contribution in [2.75, 3.05) is 5.32 Å². The first-order valence-corrected chi connectivity index (χ1v) is 7.23. The number of benzene rings is 1. The highest BCUT2D eigenvalue weighted by molar-refractivity contribution is 5.88. The summed E-state index contributed by atoms with van der Waals surface area (Å²) < 4.78 is 0. The molecule has 4 N–H and O–H groups in total. The standard InChI is InChI=1S/C16H25N3O2/c1-10(2)8-15(17)16(21)18-11(3)13-6-5-7-14(9-13)19-12(4)20/h5-7,9-11,15H,8,17H2,1-4H3,(H,18,21)(H,19,20)/t11?,15-/m0/s1. The summed E-state index contributed by atoms with van der Waals surface area (Å²) >= 11 is 0. The molecule has 0 aliphatic carbocycles. The van der Waals surface area contributed by atoms with Crippen molar-refractivity contribution in [3.8, 4) is 0 Å². The van der Waals surface area contributed by atoms with Gasteiger partial charge in [-0.2, -0.15) is 0 Å². The van der Waals surface area contributed by atoms with E-state index in [1.807, 2.05) is 45.0 Å². The zero-order valence-corrected chi connectivity index (χ0v) is 13.1. The summed E-state index contributed by atoms with van der Waals surface area (Å²) in [4.78, 5) is 23.1. The second-order valence-corrected chi connectivity index (χ2v) is 5.77. The zero-order valence-electron chi connectivity index (χ0n) is 13.1. The number of carbonyl (C=O) groups excluding carboxylic acids is 2. The lowest BCUT2D eigenvalue weighted by molar-refractivity contribution is -0.123. The monoisotopic (exact) mass is 291 g/mol.